The molecule has 0 saturated carbocycles. The summed E-state index contributed by atoms with van der Waals surface area (Å²) < 4.78 is 16.5. The molecule has 1 unspecified atom stereocenters. The van der Waals surface area contributed by atoms with Crippen molar-refractivity contribution >= 4 is 18.0 Å². The number of carbonyl (C=O) groups is 3. The normalized spacial score (nSPS) is 19.5. The number of rotatable bonds is 10. The molecule has 1 aliphatic carbocycles. The molecule has 35 heavy (non-hydrogen) atoms. The number of hydrogen-bond acceptors (Lipinski definition) is 6. The van der Waals surface area contributed by atoms with Crippen molar-refractivity contribution in [1.82, 2.24) is 10.6 Å². The van der Waals surface area contributed by atoms with E-state index in [1.807, 2.05) is 36.4 Å². The maximum atomic E-state index is 12.6. The van der Waals surface area contributed by atoms with Gasteiger partial charge in [0.15, 0.2) is 6.10 Å². The highest BCUT2D eigenvalue weighted by Crippen LogP contribution is 2.44. The van der Waals surface area contributed by atoms with E-state index in [9.17, 15) is 14.4 Å². The summed E-state index contributed by atoms with van der Waals surface area (Å²) >= 11 is 0. The Bertz CT molecular complexity index is 1030. The molecular weight excluding hydrogens is 452 g/mol. The van der Waals surface area contributed by atoms with Crippen LogP contribution in [-0.4, -0.2) is 67.7 Å². The van der Waals surface area contributed by atoms with Crippen LogP contribution in [0.15, 0.2) is 48.5 Å². The quantitative estimate of drug-likeness (QED) is 0.476. The molecule has 1 saturated heterocycles. The third-order valence-electron chi connectivity index (χ3n) is 6.31. The van der Waals surface area contributed by atoms with Gasteiger partial charge in [0.2, 0.25) is 0 Å². The standard InChI is InChI=1S/C26H30N2O7/c1-2-33-16(13-23(29)30)14-27-25(31)24-22(11-12-34-24)28-26(32)35-15-21-19-9-5-3-7-17(19)18-8-4-6-10-20(18)21/h3-10,16,21-22,24H,2,11-15H2,1H3,(H,27,31)(H,28,32)(H,29,30)/t16?,22-,24+/m0/s1. The molecule has 0 radical (unpaired) electrons. The van der Waals surface area contributed by atoms with Crippen LogP contribution in [0.4, 0.5) is 4.79 Å². The minimum absolute atomic E-state index is 0.0382. The minimum Gasteiger partial charge on any atom is -0.481 e. The molecule has 9 heteroatoms. The van der Waals surface area contributed by atoms with Gasteiger partial charge in [0, 0.05) is 25.7 Å². The van der Waals surface area contributed by atoms with Crippen LogP contribution in [0.1, 0.15) is 36.8 Å². The van der Waals surface area contributed by atoms with Gasteiger partial charge in [-0.05, 0) is 35.6 Å². The smallest absolute Gasteiger partial charge is 0.407 e. The summed E-state index contributed by atoms with van der Waals surface area (Å²) in [6.45, 7) is 2.62. The maximum Gasteiger partial charge on any atom is 0.407 e. The highest BCUT2D eigenvalue weighted by molar-refractivity contribution is 5.83. The van der Waals surface area contributed by atoms with Gasteiger partial charge in [0.25, 0.3) is 5.91 Å². The second-order valence-corrected chi connectivity index (χ2v) is 8.58. The monoisotopic (exact) mass is 482 g/mol. The van der Waals surface area contributed by atoms with E-state index >= 15 is 0 Å². The van der Waals surface area contributed by atoms with Gasteiger partial charge in [0.05, 0.1) is 18.6 Å². The van der Waals surface area contributed by atoms with E-state index in [4.69, 9.17) is 19.3 Å². The lowest BCUT2D eigenvalue weighted by Crippen LogP contribution is -2.49. The zero-order valence-electron chi connectivity index (χ0n) is 19.6. The average Bonchev–Trinajstić information content (AvgIpc) is 3.43. The summed E-state index contributed by atoms with van der Waals surface area (Å²) in [5.41, 5.74) is 4.53. The largest absolute Gasteiger partial charge is 0.481 e. The number of carboxylic acids is 1. The van der Waals surface area contributed by atoms with Crippen LogP contribution >= 0.6 is 0 Å². The first kappa shape index (κ1) is 24.7. The molecular formula is C26H30N2O7. The first-order valence-electron chi connectivity index (χ1n) is 11.8. The van der Waals surface area contributed by atoms with Crippen molar-refractivity contribution in [2.45, 2.75) is 43.9 Å². The Morgan fingerprint density at radius 2 is 1.74 bits per heavy atom. The fourth-order valence-electron chi connectivity index (χ4n) is 4.72. The van der Waals surface area contributed by atoms with Crippen molar-refractivity contribution in [3.63, 3.8) is 0 Å². The van der Waals surface area contributed by atoms with Crippen molar-refractivity contribution in [2.24, 2.45) is 0 Å². The molecule has 3 N–H and O–H groups in total. The van der Waals surface area contributed by atoms with Crippen LogP contribution in [0, 0.1) is 0 Å². The molecule has 0 spiro atoms. The summed E-state index contributed by atoms with van der Waals surface area (Å²) in [5.74, 6) is -1.50. The average molecular weight is 483 g/mol. The zero-order chi connectivity index (χ0) is 24.8. The van der Waals surface area contributed by atoms with Gasteiger partial charge >= 0.3 is 12.1 Å². The Labute approximate surface area is 203 Å². The van der Waals surface area contributed by atoms with Crippen molar-refractivity contribution in [1.29, 1.82) is 0 Å². The Hall–Kier alpha value is -3.43. The molecule has 2 aromatic rings. The van der Waals surface area contributed by atoms with E-state index < -0.39 is 36.2 Å². The highest BCUT2D eigenvalue weighted by Gasteiger charge is 2.36. The Morgan fingerprint density at radius 3 is 2.37 bits per heavy atom. The topological polar surface area (TPSA) is 123 Å². The fourth-order valence-corrected chi connectivity index (χ4v) is 4.72. The maximum absolute atomic E-state index is 12.6. The van der Waals surface area contributed by atoms with Gasteiger partial charge in [-0.1, -0.05) is 48.5 Å². The van der Waals surface area contributed by atoms with E-state index in [1.165, 1.54) is 0 Å². The van der Waals surface area contributed by atoms with Crippen LogP contribution in [0.2, 0.25) is 0 Å². The molecule has 0 bridgehead atoms. The van der Waals surface area contributed by atoms with E-state index in [0.29, 0.717) is 19.6 Å². The van der Waals surface area contributed by atoms with Crippen LogP contribution < -0.4 is 10.6 Å². The number of benzene rings is 2. The van der Waals surface area contributed by atoms with Gasteiger partial charge in [-0.2, -0.15) is 0 Å². The molecule has 4 rings (SSSR count). The lowest BCUT2D eigenvalue weighted by molar-refractivity contribution is -0.141. The summed E-state index contributed by atoms with van der Waals surface area (Å²) in [6, 6.07) is 15.6. The molecule has 1 fully saturated rings. The fraction of sp³-hybridized carbons (Fsp3) is 0.423. The molecule has 2 amide bonds. The first-order valence-corrected chi connectivity index (χ1v) is 11.8. The van der Waals surface area contributed by atoms with E-state index in [1.54, 1.807) is 6.92 Å². The number of ether oxygens (including phenoxy) is 3. The second-order valence-electron chi connectivity index (χ2n) is 8.58. The van der Waals surface area contributed by atoms with E-state index in [-0.39, 0.29) is 25.5 Å². The van der Waals surface area contributed by atoms with Gasteiger partial charge < -0.3 is 30.0 Å². The highest BCUT2D eigenvalue weighted by atomic mass is 16.6. The van der Waals surface area contributed by atoms with E-state index in [0.717, 1.165) is 22.3 Å². The Morgan fingerprint density at radius 1 is 1.09 bits per heavy atom. The molecule has 9 nitrogen and oxygen atoms in total. The molecule has 1 aliphatic heterocycles. The van der Waals surface area contributed by atoms with Crippen molar-refractivity contribution in [3.05, 3.63) is 59.7 Å². The molecule has 1 heterocycles. The number of amides is 2. The number of nitrogens with one attached hydrogen (secondary N) is 2. The molecule has 0 aromatic heterocycles. The number of carbonyl (C=O) groups excluding carboxylic acids is 2. The molecule has 186 valence electrons. The summed E-state index contributed by atoms with van der Waals surface area (Å²) in [5, 5.41) is 14.4. The van der Waals surface area contributed by atoms with E-state index in [2.05, 4.69) is 22.8 Å². The van der Waals surface area contributed by atoms with Gasteiger partial charge in [-0.3, -0.25) is 9.59 Å². The SMILES string of the molecule is CCOC(CNC(=O)[C@@H]1OCC[C@@H]1NC(=O)OCC1c2ccccc2-c2ccccc21)CC(=O)O. The predicted molar refractivity (Wildman–Crippen MR) is 127 cm³/mol. The number of carboxylic acid groups (broad SMARTS) is 1. The number of fused-ring (bicyclic) bond motifs is 3. The lowest BCUT2D eigenvalue weighted by Gasteiger charge is -2.22. The first-order chi connectivity index (χ1) is 17.0. The number of alkyl carbamates (subject to hydrolysis) is 1. The van der Waals surface area contributed by atoms with Gasteiger partial charge in [-0.15, -0.1) is 0 Å². The predicted octanol–water partition coefficient (Wildman–Crippen LogP) is 2.68. The Balaban J connectivity index is 1.31. The van der Waals surface area contributed by atoms with Crippen LogP contribution in [0.5, 0.6) is 0 Å². The second kappa shape index (κ2) is 11.3. The third kappa shape index (κ3) is 5.80. The number of aliphatic carboxylic acids is 1. The van der Waals surface area contributed by atoms with Crippen molar-refractivity contribution in [2.75, 3.05) is 26.4 Å². The van der Waals surface area contributed by atoms with Crippen molar-refractivity contribution < 1.29 is 33.7 Å². The Kier molecular flexibility index (Phi) is 7.99. The van der Waals surface area contributed by atoms with Crippen LogP contribution in [0.25, 0.3) is 11.1 Å². The molecule has 2 aliphatic rings. The number of hydrogen-bond donors (Lipinski definition) is 3. The third-order valence-corrected chi connectivity index (χ3v) is 6.31. The van der Waals surface area contributed by atoms with Crippen LogP contribution in [0.3, 0.4) is 0 Å². The van der Waals surface area contributed by atoms with Gasteiger partial charge in [0.1, 0.15) is 6.61 Å². The lowest BCUT2D eigenvalue weighted by atomic mass is 9.98. The van der Waals surface area contributed by atoms with Crippen LogP contribution in [-0.2, 0) is 23.8 Å². The summed E-state index contributed by atoms with van der Waals surface area (Å²) in [6.07, 6.45) is -1.90. The van der Waals surface area contributed by atoms with Crippen molar-refractivity contribution in [3.8, 4) is 11.1 Å². The molecule has 3 atom stereocenters. The zero-order valence-corrected chi connectivity index (χ0v) is 19.6. The van der Waals surface area contributed by atoms with Gasteiger partial charge in [-0.25, -0.2) is 4.79 Å². The summed E-state index contributed by atoms with van der Waals surface area (Å²) in [7, 11) is 0. The minimum atomic E-state index is -1.01. The molecule has 2 aromatic carbocycles. The summed E-state index contributed by atoms with van der Waals surface area (Å²) in [4.78, 5) is 36.2.